The van der Waals surface area contributed by atoms with Crippen molar-refractivity contribution < 1.29 is 19.3 Å². The Labute approximate surface area is 201 Å². The van der Waals surface area contributed by atoms with Crippen LogP contribution in [0.4, 0.5) is 11.4 Å². The SMILES string of the molecule is O=C(NNC(=O)c1sc2cc([N+](=O)[O-])ccc2c1Cl)c1ccc(NC(=O)c2ccccc2)cc1. The van der Waals surface area contributed by atoms with E-state index in [2.05, 4.69) is 16.2 Å². The van der Waals surface area contributed by atoms with Crippen molar-refractivity contribution in [3.63, 3.8) is 0 Å². The number of nitrogens with zero attached hydrogens (tertiary/aromatic N) is 1. The summed E-state index contributed by atoms with van der Waals surface area (Å²) in [5.74, 6) is -1.52. The number of hydrazine groups is 1. The van der Waals surface area contributed by atoms with Gasteiger partial charge in [0.05, 0.1) is 9.95 Å². The molecule has 1 heterocycles. The van der Waals surface area contributed by atoms with Crippen molar-refractivity contribution in [2.45, 2.75) is 0 Å². The zero-order chi connectivity index (χ0) is 24.2. The van der Waals surface area contributed by atoms with Crippen molar-refractivity contribution in [2.24, 2.45) is 0 Å². The first-order valence-corrected chi connectivity index (χ1v) is 11.0. The van der Waals surface area contributed by atoms with E-state index in [-0.39, 0.29) is 27.1 Å². The Morgan fingerprint density at radius 2 is 1.47 bits per heavy atom. The number of fused-ring (bicyclic) bond motifs is 1. The molecule has 3 aromatic carbocycles. The fourth-order valence-corrected chi connectivity index (χ4v) is 4.50. The van der Waals surface area contributed by atoms with Gasteiger partial charge in [0, 0.05) is 39.0 Å². The van der Waals surface area contributed by atoms with E-state index in [0.717, 1.165) is 11.3 Å². The highest BCUT2D eigenvalue weighted by molar-refractivity contribution is 7.21. The van der Waals surface area contributed by atoms with Crippen LogP contribution in [0.25, 0.3) is 10.1 Å². The summed E-state index contributed by atoms with van der Waals surface area (Å²) in [6.45, 7) is 0. The molecular weight excluding hydrogens is 480 g/mol. The normalized spacial score (nSPS) is 10.5. The molecule has 34 heavy (non-hydrogen) atoms. The standard InChI is InChI=1S/C23H15ClN4O5S/c24-19-17-11-10-16(28(32)33)12-18(17)34-20(19)23(31)27-26-22(30)14-6-8-15(9-7-14)25-21(29)13-4-2-1-3-5-13/h1-12H,(H,25,29)(H,26,30)(H,27,31). The van der Waals surface area contributed by atoms with Crippen molar-refractivity contribution in [3.05, 3.63) is 104 Å². The highest BCUT2D eigenvalue weighted by Crippen LogP contribution is 2.37. The first-order valence-electron chi connectivity index (χ1n) is 9.77. The summed E-state index contributed by atoms with van der Waals surface area (Å²) < 4.78 is 0.476. The topological polar surface area (TPSA) is 130 Å². The molecule has 1 aromatic heterocycles. The quantitative estimate of drug-likeness (QED) is 0.271. The third kappa shape index (κ3) is 4.87. The first kappa shape index (κ1) is 22.9. The third-order valence-corrected chi connectivity index (χ3v) is 6.42. The number of hydrogen-bond donors (Lipinski definition) is 3. The lowest BCUT2D eigenvalue weighted by Gasteiger charge is -2.08. The van der Waals surface area contributed by atoms with Gasteiger partial charge in [-0.05, 0) is 42.5 Å². The second-order valence-corrected chi connectivity index (χ2v) is 8.42. The zero-order valence-electron chi connectivity index (χ0n) is 17.2. The molecule has 3 N–H and O–H groups in total. The highest BCUT2D eigenvalue weighted by Gasteiger charge is 2.20. The van der Waals surface area contributed by atoms with Gasteiger partial charge in [0.25, 0.3) is 23.4 Å². The number of anilines is 1. The summed E-state index contributed by atoms with van der Waals surface area (Å²) in [5.41, 5.74) is 5.72. The van der Waals surface area contributed by atoms with E-state index >= 15 is 0 Å². The Hall–Kier alpha value is -4.28. The van der Waals surface area contributed by atoms with Crippen molar-refractivity contribution in [1.29, 1.82) is 0 Å². The molecule has 0 spiro atoms. The number of nitro benzene ring substituents is 1. The molecule has 0 atom stereocenters. The molecule has 0 fully saturated rings. The number of rotatable bonds is 5. The molecule has 4 rings (SSSR count). The Morgan fingerprint density at radius 1 is 0.824 bits per heavy atom. The Balaban J connectivity index is 1.38. The number of nitro groups is 1. The molecule has 4 aromatic rings. The predicted molar refractivity (Wildman–Crippen MR) is 129 cm³/mol. The Kier molecular flexibility index (Phi) is 6.53. The van der Waals surface area contributed by atoms with E-state index in [0.29, 0.717) is 21.3 Å². The molecule has 0 aliphatic rings. The first-order chi connectivity index (χ1) is 16.3. The van der Waals surface area contributed by atoms with Crippen molar-refractivity contribution in [3.8, 4) is 0 Å². The largest absolute Gasteiger partial charge is 0.322 e. The number of nitrogens with one attached hydrogen (secondary N) is 3. The minimum absolute atomic E-state index is 0.108. The second kappa shape index (κ2) is 9.69. The molecule has 11 heteroatoms. The van der Waals surface area contributed by atoms with Gasteiger partial charge in [-0.15, -0.1) is 11.3 Å². The summed E-state index contributed by atoms with van der Waals surface area (Å²) in [5, 5.41) is 14.3. The van der Waals surface area contributed by atoms with Crippen LogP contribution in [0.1, 0.15) is 30.4 Å². The molecule has 0 aliphatic heterocycles. The molecule has 0 radical (unpaired) electrons. The van der Waals surface area contributed by atoms with E-state index < -0.39 is 16.7 Å². The maximum atomic E-state index is 12.5. The number of carbonyl (C=O) groups excluding carboxylic acids is 3. The van der Waals surface area contributed by atoms with Crippen LogP contribution in [0, 0.1) is 10.1 Å². The number of hydrogen-bond acceptors (Lipinski definition) is 6. The summed E-state index contributed by atoms with van der Waals surface area (Å²) in [6, 6.07) is 18.9. The van der Waals surface area contributed by atoms with Crippen molar-refractivity contribution in [2.75, 3.05) is 5.32 Å². The van der Waals surface area contributed by atoms with Gasteiger partial charge >= 0.3 is 0 Å². The number of thiophene rings is 1. The van der Waals surface area contributed by atoms with Gasteiger partial charge in [0.2, 0.25) is 0 Å². The van der Waals surface area contributed by atoms with E-state index in [4.69, 9.17) is 11.6 Å². The van der Waals surface area contributed by atoms with E-state index in [9.17, 15) is 24.5 Å². The molecule has 9 nitrogen and oxygen atoms in total. The number of halogens is 1. The molecule has 0 bridgehead atoms. The van der Waals surface area contributed by atoms with Crippen LogP contribution in [0.5, 0.6) is 0 Å². The van der Waals surface area contributed by atoms with Crippen LogP contribution in [-0.4, -0.2) is 22.6 Å². The van der Waals surface area contributed by atoms with Gasteiger partial charge in [-0.3, -0.25) is 35.3 Å². The summed E-state index contributed by atoms with van der Waals surface area (Å²) >= 11 is 7.23. The lowest BCUT2D eigenvalue weighted by molar-refractivity contribution is -0.384. The van der Waals surface area contributed by atoms with Gasteiger partial charge in [0.15, 0.2) is 0 Å². The van der Waals surface area contributed by atoms with Gasteiger partial charge in [-0.1, -0.05) is 29.8 Å². The van der Waals surface area contributed by atoms with Crippen LogP contribution in [0.2, 0.25) is 5.02 Å². The molecule has 0 aliphatic carbocycles. The average Bonchev–Trinajstić information content (AvgIpc) is 3.19. The monoisotopic (exact) mass is 494 g/mol. The molecule has 3 amide bonds. The molecule has 170 valence electrons. The van der Waals surface area contributed by atoms with Crippen molar-refractivity contribution in [1.82, 2.24) is 10.9 Å². The summed E-state index contributed by atoms with van der Waals surface area (Å²) in [6.07, 6.45) is 0. The van der Waals surface area contributed by atoms with Crippen LogP contribution < -0.4 is 16.2 Å². The maximum Gasteiger partial charge on any atom is 0.281 e. The average molecular weight is 495 g/mol. The van der Waals surface area contributed by atoms with Gasteiger partial charge < -0.3 is 5.32 Å². The van der Waals surface area contributed by atoms with E-state index in [1.54, 1.807) is 36.4 Å². The fraction of sp³-hybridized carbons (Fsp3) is 0. The Bertz CT molecular complexity index is 1420. The predicted octanol–water partition coefficient (Wildman–Crippen LogP) is 4.79. The molecule has 0 saturated carbocycles. The van der Waals surface area contributed by atoms with Gasteiger partial charge in [-0.25, -0.2) is 0 Å². The summed E-state index contributed by atoms with van der Waals surface area (Å²) in [7, 11) is 0. The van der Waals surface area contributed by atoms with E-state index in [1.165, 1.54) is 30.3 Å². The van der Waals surface area contributed by atoms with Crippen LogP contribution in [0.3, 0.4) is 0 Å². The fourth-order valence-electron chi connectivity index (χ4n) is 3.05. The van der Waals surface area contributed by atoms with Gasteiger partial charge in [-0.2, -0.15) is 0 Å². The Morgan fingerprint density at radius 3 is 2.15 bits per heavy atom. The highest BCUT2D eigenvalue weighted by atomic mass is 35.5. The molecule has 0 saturated heterocycles. The minimum Gasteiger partial charge on any atom is -0.322 e. The van der Waals surface area contributed by atoms with Crippen LogP contribution in [0.15, 0.2) is 72.8 Å². The molecular formula is C23H15ClN4O5S. The minimum atomic E-state index is -0.658. The maximum absolute atomic E-state index is 12.5. The summed E-state index contributed by atoms with van der Waals surface area (Å²) in [4.78, 5) is 47.6. The third-order valence-electron chi connectivity index (χ3n) is 4.76. The van der Waals surface area contributed by atoms with Crippen LogP contribution >= 0.6 is 22.9 Å². The molecule has 0 unspecified atom stereocenters. The van der Waals surface area contributed by atoms with Gasteiger partial charge in [0.1, 0.15) is 4.88 Å². The number of carbonyl (C=O) groups is 3. The number of amides is 3. The van der Waals surface area contributed by atoms with Crippen LogP contribution in [-0.2, 0) is 0 Å². The lowest BCUT2D eigenvalue weighted by atomic mass is 10.1. The lowest BCUT2D eigenvalue weighted by Crippen LogP contribution is -2.41. The number of benzene rings is 3. The smallest absolute Gasteiger partial charge is 0.281 e. The second-order valence-electron chi connectivity index (χ2n) is 6.99. The zero-order valence-corrected chi connectivity index (χ0v) is 18.8. The number of non-ortho nitro benzene ring substituents is 1. The van der Waals surface area contributed by atoms with E-state index in [1.807, 2.05) is 6.07 Å². The van der Waals surface area contributed by atoms with Crippen molar-refractivity contribution >= 4 is 62.1 Å².